The maximum absolute atomic E-state index is 10.8. The molecule has 0 radical (unpaired) electrons. The van der Waals surface area contributed by atoms with Crippen molar-refractivity contribution in [3.63, 3.8) is 0 Å². The largest absolute Gasteiger partial charge is 0.283 e. The zero-order valence-electron chi connectivity index (χ0n) is 10.2. The molecule has 0 aromatic heterocycles. The van der Waals surface area contributed by atoms with Crippen LogP contribution >= 0.6 is 12.6 Å². The van der Waals surface area contributed by atoms with Crippen LogP contribution in [-0.4, -0.2) is 5.12 Å². The molecule has 0 aliphatic carbocycles. The van der Waals surface area contributed by atoms with E-state index in [1.54, 1.807) is 6.08 Å². The lowest BCUT2D eigenvalue weighted by atomic mass is 10.0. The first-order valence-electron chi connectivity index (χ1n) is 6.06. The van der Waals surface area contributed by atoms with Crippen molar-refractivity contribution < 1.29 is 4.79 Å². The number of thiol groups is 1. The molecule has 1 nitrogen and oxygen atoms in total. The SMILES string of the molecule is O=C(S)/C=C/c1ccc2cc3ccccc3cc2c1. The van der Waals surface area contributed by atoms with Crippen LogP contribution in [0.1, 0.15) is 5.56 Å². The van der Waals surface area contributed by atoms with Gasteiger partial charge in [0.05, 0.1) is 0 Å². The maximum atomic E-state index is 10.8. The molecule has 19 heavy (non-hydrogen) atoms. The fourth-order valence-corrected chi connectivity index (χ4v) is 2.30. The smallest absolute Gasteiger partial charge is 0.209 e. The van der Waals surface area contributed by atoms with E-state index in [4.69, 9.17) is 0 Å². The van der Waals surface area contributed by atoms with Gasteiger partial charge < -0.3 is 0 Å². The lowest BCUT2D eigenvalue weighted by molar-refractivity contribution is -0.106. The van der Waals surface area contributed by atoms with Gasteiger partial charge in [0.25, 0.3) is 0 Å². The third kappa shape index (κ3) is 2.54. The minimum Gasteiger partial charge on any atom is -0.283 e. The van der Waals surface area contributed by atoms with Crippen LogP contribution in [0.4, 0.5) is 0 Å². The van der Waals surface area contributed by atoms with Gasteiger partial charge >= 0.3 is 0 Å². The molecule has 3 aromatic carbocycles. The van der Waals surface area contributed by atoms with Crippen LogP contribution in [0.5, 0.6) is 0 Å². The summed E-state index contributed by atoms with van der Waals surface area (Å²) >= 11 is 3.72. The van der Waals surface area contributed by atoms with E-state index in [0.29, 0.717) is 0 Å². The molecule has 0 amide bonds. The highest BCUT2D eigenvalue weighted by molar-refractivity contribution is 7.97. The summed E-state index contributed by atoms with van der Waals surface area (Å²) in [6, 6.07) is 18.8. The molecule has 0 unspecified atom stereocenters. The molecule has 0 fully saturated rings. The molecule has 2 heteroatoms. The quantitative estimate of drug-likeness (QED) is 0.411. The Morgan fingerprint density at radius 1 is 0.842 bits per heavy atom. The summed E-state index contributed by atoms with van der Waals surface area (Å²) in [4.78, 5) is 10.8. The second kappa shape index (κ2) is 4.90. The molecular formula is C17H12OS. The van der Waals surface area contributed by atoms with Crippen molar-refractivity contribution in [3.05, 3.63) is 66.2 Å². The number of rotatable bonds is 2. The Morgan fingerprint density at radius 2 is 1.47 bits per heavy atom. The number of benzene rings is 3. The average Bonchev–Trinajstić information content (AvgIpc) is 2.42. The summed E-state index contributed by atoms with van der Waals surface area (Å²) in [7, 11) is 0. The monoisotopic (exact) mass is 264 g/mol. The zero-order chi connectivity index (χ0) is 13.2. The highest BCUT2D eigenvalue weighted by atomic mass is 32.1. The summed E-state index contributed by atoms with van der Waals surface area (Å²) < 4.78 is 0. The van der Waals surface area contributed by atoms with Crippen molar-refractivity contribution >= 4 is 45.4 Å². The van der Waals surface area contributed by atoms with Crippen LogP contribution < -0.4 is 0 Å². The second-order valence-electron chi connectivity index (χ2n) is 4.48. The van der Waals surface area contributed by atoms with Gasteiger partial charge in [-0.05, 0) is 51.4 Å². The third-order valence-corrected chi connectivity index (χ3v) is 3.30. The lowest BCUT2D eigenvalue weighted by Crippen LogP contribution is -1.80. The first-order valence-corrected chi connectivity index (χ1v) is 6.51. The third-order valence-electron chi connectivity index (χ3n) is 3.15. The van der Waals surface area contributed by atoms with Gasteiger partial charge in [0.1, 0.15) is 0 Å². The Balaban J connectivity index is 2.16. The fraction of sp³-hybridized carbons (Fsp3) is 0. The summed E-state index contributed by atoms with van der Waals surface area (Å²) in [6.07, 6.45) is 3.25. The van der Waals surface area contributed by atoms with Crippen LogP contribution in [0.2, 0.25) is 0 Å². The first-order chi connectivity index (χ1) is 9.22. The van der Waals surface area contributed by atoms with Gasteiger partial charge in [-0.15, -0.1) is 12.6 Å². The van der Waals surface area contributed by atoms with E-state index in [1.165, 1.54) is 27.6 Å². The average molecular weight is 264 g/mol. The second-order valence-corrected chi connectivity index (χ2v) is 4.92. The molecule has 0 saturated carbocycles. The fourth-order valence-electron chi connectivity index (χ4n) is 2.23. The molecule has 0 atom stereocenters. The van der Waals surface area contributed by atoms with E-state index in [9.17, 15) is 4.79 Å². The maximum Gasteiger partial charge on any atom is 0.209 e. The van der Waals surface area contributed by atoms with Crippen molar-refractivity contribution in [2.75, 3.05) is 0 Å². The van der Waals surface area contributed by atoms with Gasteiger partial charge in [-0.1, -0.05) is 42.5 Å². The van der Waals surface area contributed by atoms with Crippen molar-refractivity contribution in [3.8, 4) is 0 Å². The first kappa shape index (κ1) is 12.0. The molecule has 0 spiro atoms. The predicted molar refractivity (Wildman–Crippen MR) is 84.5 cm³/mol. The van der Waals surface area contributed by atoms with Crippen LogP contribution in [-0.2, 0) is 4.79 Å². The molecule has 0 aliphatic heterocycles. The Morgan fingerprint density at radius 3 is 2.16 bits per heavy atom. The molecule has 0 heterocycles. The van der Waals surface area contributed by atoms with Gasteiger partial charge in [0.15, 0.2) is 0 Å². The molecular weight excluding hydrogens is 252 g/mol. The van der Waals surface area contributed by atoms with Gasteiger partial charge in [0.2, 0.25) is 5.12 Å². The predicted octanol–water partition coefficient (Wildman–Crippen LogP) is 4.46. The highest BCUT2D eigenvalue weighted by Crippen LogP contribution is 2.24. The molecule has 3 aromatic rings. The van der Waals surface area contributed by atoms with Crippen molar-refractivity contribution in [1.82, 2.24) is 0 Å². The van der Waals surface area contributed by atoms with E-state index >= 15 is 0 Å². The summed E-state index contributed by atoms with van der Waals surface area (Å²) in [5, 5.41) is 4.60. The van der Waals surface area contributed by atoms with E-state index in [1.807, 2.05) is 18.2 Å². The minimum absolute atomic E-state index is 0.237. The number of hydrogen-bond acceptors (Lipinski definition) is 1. The number of carbonyl (C=O) groups is 1. The van der Waals surface area contributed by atoms with Gasteiger partial charge in [0, 0.05) is 0 Å². The van der Waals surface area contributed by atoms with Crippen LogP contribution in [0, 0.1) is 0 Å². The van der Waals surface area contributed by atoms with E-state index in [0.717, 1.165) is 5.56 Å². The summed E-state index contributed by atoms with van der Waals surface area (Å²) in [5.41, 5.74) is 1.00. The molecule has 0 aliphatic rings. The van der Waals surface area contributed by atoms with Crippen LogP contribution in [0.25, 0.3) is 27.6 Å². The number of hydrogen-bond donors (Lipinski definition) is 1. The Labute approximate surface area is 117 Å². The van der Waals surface area contributed by atoms with Gasteiger partial charge in [-0.3, -0.25) is 4.79 Å². The Hall–Kier alpha value is -2.06. The van der Waals surface area contributed by atoms with Gasteiger partial charge in [-0.25, -0.2) is 0 Å². The van der Waals surface area contributed by atoms with E-state index < -0.39 is 0 Å². The van der Waals surface area contributed by atoms with Crippen LogP contribution in [0.15, 0.2) is 60.7 Å². The molecule has 3 rings (SSSR count). The van der Waals surface area contributed by atoms with E-state index in [2.05, 4.69) is 49.0 Å². The lowest BCUT2D eigenvalue weighted by Gasteiger charge is -2.03. The summed E-state index contributed by atoms with van der Waals surface area (Å²) in [6.45, 7) is 0. The topological polar surface area (TPSA) is 17.1 Å². The Bertz CT molecular complexity index is 803. The van der Waals surface area contributed by atoms with E-state index in [-0.39, 0.29) is 5.12 Å². The molecule has 0 bridgehead atoms. The molecule has 0 saturated heterocycles. The van der Waals surface area contributed by atoms with Gasteiger partial charge in [-0.2, -0.15) is 0 Å². The van der Waals surface area contributed by atoms with Crippen LogP contribution in [0.3, 0.4) is 0 Å². The zero-order valence-corrected chi connectivity index (χ0v) is 11.1. The molecule has 92 valence electrons. The molecule has 0 N–H and O–H groups in total. The number of carbonyl (C=O) groups excluding carboxylic acids is 1. The number of fused-ring (bicyclic) bond motifs is 2. The van der Waals surface area contributed by atoms with Crippen molar-refractivity contribution in [1.29, 1.82) is 0 Å². The Kier molecular flexibility index (Phi) is 3.10. The van der Waals surface area contributed by atoms with Crippen molar-refractivity contribution in [2.45, 2.75) is 0 Å². The van der Waals surface area contributed by atoms with Crippen molar-refractivity contribution in [2.24, 2.45) is 0 Å². The summed E-state index contributed by atoms with van der Waals surface area (Å²) in [5.74, 6) is 0. The highest BCUT2D eigenvalue weighted by Gasteiger charge is 1.98. The normalized spacial score (nSPS) is 11.4. The minimum atomic E-state index is -0.237. The standard InChI is InChI=1S/C17H12OS/c18-17(19)8-6-12-5-7-15-10-13-3-1-2-4-14(13)11-16(15)9-12/h1-11H,(H,18,19)/b8-6+.